The summed E-state index contributed by atoms with van der Waals surface area (Å²) in [7, 11) is -5.14. The van der Waals surface area contributed by atoms with Crippen LogP contribution in [0.2, 0.25) is 0 Å². The van der Waals surface area contributed by atoms with Gasteiger partial charge in [0.1, 0.15) is 0 Å². The van der Waals surface area contributed by atoms with Crippen LogP contribution in [0.5, 0.6) is 0 Å². The van der Waals surface area contributed by atoms with Crippen molar-refractivity contribution in [1.29, 1.82) is 0 Å². The quantitative estimate of drug-likeness (QED) is 0.304. The molecule has 0 amide bonds. The number of hydrogen-bond acceptors (Lipinski definition) is 4. The summed E-state index contributed by atoms with van der Waals surface area (Å²) in [4.78, 5) is 24.3. The molecule has 0 unspecified atom stereocenters. The summed E-state index contributed by atoms with van der Waals surface area (Å²) >= 11 is 0. The second-order valence-corrected chi connectivity index (χ2v) is 1.41. The smallest absolute Gasteiger partial charge is 0.870 e. The molecule has 0 spiro atoms. The summed E-state index contributed by atoms with van der Waals surface area (Å²) in [6.45, 7) is 0. The van der Waals surface area contributed by atoms with Crippen molar-refractivity contribution >= 4 is 7.82 Å². The average molecular weight is 192 g/mol. The SMILES string of the molecule is O=P([O-])([O-])O.[Fe+2].[Na+].[OH-]. The third-order valence-electron chi connectivity index (χ3n) is 0. The molecule has 0 saturated heterocycles. The molecule has 0 rings (SSSR count). The fraction of sp³-hybridized carbons (Fsp3) is 0. The first-order valence-corrected chi connectivity index (χ1v) is 2.24. The Hall–Kier alpha value is 1.59. The normalized spacial score (nSPS) is 7.38. The van der Waals surface area contributed by atoms with Gasteiger partial charge in [-0.2, -0.15) is 0 Å². The maximum absolute atomic E-state index is 8.66. The van der Waals surface area contributed by atoms with Gasteiger partial charge in [-0.05, 0) is 0 Å². The Kier molecular flexibility index (Phi) is 24.3. The predicted molar refractivity (Wildman–Crippen MR) is 11.8 cm³/mol. The maximum atomic E-state index is 8.66. The van der Waals surface area contributed by atoms with Gasteiger partial charge >= 0.3 is 46.6 Å². The van der Waals surface area contributed by atoms with Gasteiger partial charge in [-0.25, -0.2) is 0 Å². The zero-order valence-electron chi connectivity index (χ0n) is 3.92. The minimum atomic E-state index is -5.14. The molecule has 0 aliphatic carbocycles. The van der Waals surface area contributed by atoms with Gasteiger partial charge in [0, 0.05) is 0 Å². The topological polar surface area (TPSA) is 113 Å². The molecule has 0 fully saturated rings. The van der Waals surface area contributed by atoms with Gasteiger partial charge in [0.05, 0.1) is 7.82 Å². The van der Waals surface area contributed by atoms with Crippen molar-refractivity contribution in [3.05, 3.63) is 0 Å². The van der Waals surface area contributed by atoms with E-state index in [9.17, 15) is 0 Å². The van der Waals surface area contributed by atoms with Gasteiger partial charge in [0.15, 0.2) is 0 Å². The molecular formula is H2FeNaO5P. The average Bonchev–Trinajstić information content (AvgIpc) is 0.722. The minimum Gasteiger partial charge on any atom is -0.870 e. The molecule has 8 heavy (non-hydrogen) atoms. The van der Waals surface area contributed by atoms with E-state index >= 15 is 0 Å². The van der Waals surface area contributed by atoms with E-state index in [1.54, 1.807) is 0 Å². The standard InChI is InChI=1S/Fe.Na.H3O4P.H2O/c;;1-5(2,3)4;/h;;(H3,1,2,3,4);1H2/q+2;+1;;/p-3. The predicted octanol–water partition coefficient (Wildman–Crippen LogP) is -5.37. The second-order valence-electron chi connectivity index (χ2n) is 0.469. The summed E-state index contributed by atoms with van der Waals surface area (Å²) in [6, 6.07) is 0. The van der Waals surface area contributed by atoms with E-state index in [1.165, 1.54) is 0 Å². The van der Waals surface area contributed by atoms with Gasteiger partial charge in [-0.15, -0.1) is 0 Å². The van der Waals surface area contributed by atoms with Gasteiger partial charge in [-0.3, -0.25) is 0 Å². The van der Waals surface area contributed by atoms with E-state index in [1.807, 2.05) is 0 Å². The van der Waals surface area contributed by atoms with Crippen molar-refractivity contribution in [1.82, 2.24) is 0 Å². The van der Waals surface area contributed by atoms with E-state index in [0.717, 1.165) is 0 Å². The molecule has 46 valence electrons. The Bertz CT molecular complexity index is 58.6. The minimum absolute atomic E-state index is 0. The summed E-state index contributed by atoms with van der Waals surface area (Å²) in [5.74, 6) is 0. The van der Waals surface area contributed by atoms with Crippen molar-refractivity contribution in [2.75, 3.05) is 0 Å². The van der Waals surface area contributed by atoms with Crippen molar-refractivity contribution in [3.8, 4) is 0 Å². The van der Waals surface area contributed by atoms with Crippen molar-refractivity contribution in [3.63, 3.8) is 0 Å². The van der Waals surface area contributed by atoms with Crippen LogP contribution < -0.4 is 39.3 Å². The van der Waals surface area contributed by atoms with E-state index < -0.39 is 7.82 Å². The molecule has 0 aliphatic heterocycles. The molecule has 0 aromatic heterocycles. The molecule has 0 radical (unpaired) electrons. The van der Waals surface area contributed by atoms with Gasteiger partial charge < -0.3 is 24.7 Å². The first-order chi connectivity index (χ1) is 2.00. The van der Waals surface area contributed by atoms with E-state index in [2.05, 4.69) is 0 Å². The van der Waals surface area contributed by atoms with Gasteiger partial charge in [-0.1, -0.05) is 0 Å². The number of hydrogen-bond donors (Lipinski definition) is 1. The third kappa shape index (κ3) is 130. The van der Waals surface area contributed by atoms with Crippen molar-refractivity contribution < 1.29 is 71.3 Å². The molecule has 5 nitrogen and oxygen atoms in total. The van der Waals surface area contributed by atoms with Crippen molar-refractivity contribution in [2.45, 2.75) is 0 Å². The van der Waals surface area contributed by atoms with Crippen LogP contribution in [0.4, 0.5) is 0 Å². The monoisotopic (exact) mass is 192 g/mol. The Morgan fingerprint density at radius 3 is 1.38 bits per heavy atom. The molecule has 0 aliphatic rings. The Morgan fingerprint density at radius 1 is 1.38 bits per heavy atom. The van der Waals surface area contributed by atoms with Crippen LogP contribution in [0.3, 0.4) is 0 Å². The second kappa shape index (κ2) is 8.59. The summed E-state index contributed by atoms with van der Waals surface area (Å²) in [5, 5.41) is 0. The molecule has 0 aromatic rings. The first kappa shape index (κ1) is 22.6. The number of rotatable bonds is 0. The summed E-state index contributed by atoms with van der Waals surface area (Å²) in [6.07, 6.45) is 0. The molecule has 0 bridgehead atoms. The van der Waals surface area contributed by atoms with Crippen molar-refractivity contribution in [2.24, 2.45) is 0 Å². The maximum Gasteiger partial charge on any atom is 2.00 e. The third-order valence-corrected chi connectivity index (χ3v) is 0. The first-order valence-electron chi connectivity index (χ1n) is 0.748. The van der Waals surface area contributed by atoms with Crippen LogP contribution in [-0.4, -0.2) is 10.4 Å². The van der Waals surface area contributed by atoms with Crippen LogP contribution in [-0.2, 0) is 21.6 Å². The zero-order chi connectivity index (χ0) is 4.50. The molecule has 2 N–H and O–H groups in total. The summed E-state index contributed by atoms with van der Waals surface area (Å²) in [5.41, 5.74) is 0. The molecular weight excluding hydrogens is 190 g/mol. The van der Waals surface area contributed by atoms with Crippen LogP contribution in [0.15, 0.2) is 0 Å². The number of phosphoric acid groups is 1. The van der Waals surface area contributed by atoms with Crippen LogP contribution in [0.1, 0.15) is 0 Å². The molecule has 0 aromatic carbocycles. The van der Waals surface area contributed by atoms with Crippen LogP contribution >= 0.6 is 7.82 Å². The fourth-order valence-electron chi connectivity index (χ4n) is 0. The van der Waals surface area contributed by atoms with Crippen LogP contribution in [0.25, 0.3) is 0 Å². The zero-order valence-corrected chi connectivity index (χ0v) is 7.92. The molecule has 0 heterocycles. The molecule has 0 saturated carbocycles. The van der Waals surface area contributed by atoms with Gasteiger partial charge in [0.2, 0.25) is 0 Å². The molecule has 8 heteroatoms. The Morgan fingerprint density at radius 2 is 1.38 bits per heavy atom. The van der Waals surface area contributed by atoms with E-state index in [-0.39, 0.29) is 52.1 Å². The van der Waals surface area contributed by atoms with Gasteiger partial charge in [0.25, 0.3) is 0 Å². The van der Waals surface area contributed by atoms with E-state index in [4.69, 9.17) is 19.2 Å². The molecule has 0 atom stereocenters. The van der Waals surface area contributed by atoms with Crippen LogP contribution in [0, 0.1) is 0 Å². The fourth-order valence-corrected chi connectivity index (χ4v) is 0. The Labute approximate surface area is 78.8 Å². The summed E-state index contributed by atoms with van der Waals surface area (Å²) < 4.78 is 8.66. The largest absolute Gasteiger partial charge is 2.00 e. The van der Waals surface area contributed by atoms with E-state index in [0.29, 0.717) is 0 Å². The Balaban J connectivity index is -0.0000000267.